The molecule has 1 amide bonds. The van der Waals surface area contributed by atoms with Crippen molar-refractivity contribution in [1.82, 2.24) is 14.8 Å². The quantitative estimate of drug-likeness (QED) is 0.360. The SMILES string of the molecule is Cc1ccc2nc(-c3ccc(NC(=O)C(C)Cn4cc([N+](=O)[O-])cn4)cc3)sc2c1. The van der Waals surface area contributed by atoms with Gasteiger partial charge in [0.15, 0.2) is 0 Å². The van der Waals surface area contributed by atoms with Crippen molar-refractivity contribution in [3.8, 4) is 10.6 Å². The molecule has 0 aliphatic carbocycles. The fraction of sp³-hybridized carbons (Fsp3) is 0.190. The van der Waals surface area contributed by atoms with Gasteiger partial charge < -0.3 is 5.32 Å². The molecule has 1 unspecified atom stereocenters. The zero-order valence-corrected chi connectivity index (χ0v) is 17.2. The van der Waals surface area contributed by atoms with Gasteiger partial charge in [-0.3, -0.25) is 19.6 Å². The van der Waals surface area contributed by atoms with E-state index in [9.17, 15) is 14.9 Å². The summed E-state index contributed by atoms with van der Waals surface area (Å²) in [6.07, 6.45) is 2.49. The predicted octanol–water partition coefficient (Wildman–Crippen LogP) is 4.65. The molecule has 2 aromatic heterocycles. The number of amides is 1. The van der Waals surface area contributed by atoms with E-state index in [4.69, 9.17) is 0 Å². The van der Waals surface area contributed by atoms with Crippen LogP contribution in [0, 0.1) is 23.0 Å². The van der Waals surface area contributed by atoms with Crippen LogP contribution in [0.5, 0.6) is 0 Å². The van der Waals surface area contributed by atoms with Gasteiger partial charge >= 0.3 is 5.69 Å². The van der Waals surface area contributed by atoms with Gasteiger partial charge in [0.25, 0.3) is 0 Å². The number of anilines is 1. The molecule has 0 fully saturated rings. The molecule has 30 heavy (non-hydrogen) atoms. The van der Waals surface area contributed by atoms with Crippen molar-refractivity contribution < 1.29 is 9.72 Å². The van der Waals surface area contributed by atoms with Gasteiger partial charge in [-0.05, 0) is 48.9 Å². The van der Waals surface area contributed by atoms with Gasteiger partial charge in [-0.1, -0.05) is 13.0 Å². The Morgan fingerprint density at radius 2 is 2.03 bits per heavy atom. The Morgan fingerprint density at radius 1 is 1.27 bits per heavy atom. The average Bonchev–Trinajstić information content (AvgIpc) is 3.35. The van der Waals surface area contributed by atoms with Crippen LogP contribution in [0.25, 0.3) is 20.8 Å². The summed E-state index contributed by atoms with van der Waals surface area (Å²) >= 11 is 1.64. The zero-order valence-electron chi connectivity index (χ0n) is 16.4. The Balaban J connectivity index is 1.41. The Hall–Kier alpha value is -3.59. The first-order valence-electron chi connectivity index (χ1n) is 9.34. The highest BCUT2D eigenvalue weighted by Crippen LogP contribution is 2.31. The molecule has 0 aliphatic heterocycles. The largest absolute Gasteiger partial charge is 0.326 e. The van der Waals surface area contributed by atoms with Gasteiger partial charge in [0.1, 0.15) is 17.4 Å². The van der Waals surface area contributed by atoms with Gasteiger partial charge in [0.05, 0.1) is 27.6 Å². The average molecular weight is 421 g/mol. The van der Waals surface area contributed by atoms with Crippen LogP contribution in [0.4, 0.5) is 11.4 Å². The van der Waals surface area contributed by atoms with Crippen LogP contribution in [0.1, 0.15) is 12.5 Å². The first-order valence-corrected chi connectivity index (χ1v) is 10.2. The Morgan fingerprint density at radius 3 is 2.73 bits per heavy atom. The topological polar surface area (TPSA) is 103 Å². The molecule has 0 aliphatic rings. The molecular formula is C21H19N5O3S. The smallest absolute Gasteiger partial charge is 0.306 e. The maximum Gasteiger partial charge on any atom is 0.306 e. The lowest BCUT2D eigenvalue weighted by molar-refractivity contribution is -0.385. The minimum absolute atomic E-state index is 0.0943. The maximum absolute atomic E-state index is 12.5. The van der Waals surface area contributed by atoms with Crippen molar-refractivity contribution in [2.45, 2.75) is 20.4 Å². The highest BCUT2D eigenvalue weighted by Gasteiger charge is 2.17. The summed E-state index contributed by atoms with van der Waals surface area (Å²) in [5, 5.41) is 18.5. The minimum Gasteiger partial charge on any atom is -0.326 e. The van der Waals surface area contributed by atoms with E-state index in [1.807, 2.05) is 36.4 Å². The molecule has 2 heterocycles. The fourth-order valence-electron chi connectivity index (χ4n) is 3.03. The molecule has 0 saturated carbocycles. The summed E-state index contributed by atoms with van der Waals surface area (Å²) < 4.78 is 2.55. The molecule has 2 aromatic carbocycles. The number of aryl methyl sites for hydroxylation is 1. The number of aromatic nitrogens is 3. The molecule has 4 aromatic rings. The third-order valence-corrected chi connectivity index (χ3v) is 5.75. The second-order valence-corrected chi connectivity index (χ2v) is 8.17. The summed E-state index contributed by atoms with van der Waals surface area (Å²) in [6, 6.07) is 13.7. The van der Waals surface area contributed by atoms with Crippen molar-refractivity contribution in [3.63, 3.8) is 0 Å². The Bertz CT molecular complexity index is 1230. The van der Waals surface area contributed by atoms with Crippen LogP contribution >= 0.6 is 11.3 Å². The molecule has 4 rings (SSSR count). The van der Waals surface area contributed by atoms with Crippen molar-refractivity contribution in [2.24, 2.45) is 5.92 Å². The van der Waals surface area contributed by atoms with Crippen LogP contribution < -0.4 is 5.32 Å². The van der Waals surface area contributed by atoms with E-state index in [-0.39, 0.29) is 18.1 Å². The van der Waals surface area contributed by atoms with Gasteiger partial charge in [0, 0.05) is 11.3 Å². The minimum atomic E-state index is -0.512. The van der Waals surface area contributed by atoms with Gasteiger partial charge in [-0.2, -0.15) is 5.10 Å². The third kappa shape index (κ3) is 4.20. The number of carbonyl (C=O) groups excluding carboxylic acids is 1. The number of hydrogen-bond donors (Lipinski definition) is 1. The number of hydrogen-bond acceptors (Lipinski definition) is 6. The van der Waals surface area contributed by atoms with E-state index < -0.39 is 10.8 Å². The second kappa shape index (κ2) is 8.03. The Kier molecular flexibility index (Phi) is 5.28. The first kappa shape index (κ1) is 19.7. The number of fused-ring (bicyclic) bond motifs is 1. The predicted molar refractivity (Wildman–Crippen MR) is 116 cm³/mol. The molecule has 0 saturated heterocycles. The number of rotatable bonds is 6. The van der Waals surface area contributed by atoms with Crippen LogP contribution in [0.2, 0.25) is 0 Å². The standard InChI is InChI=1S/C21H19N5O3S/c1-13-3-8-18-19(9-13)30-21(24-18)15-4-6-16(7-5-15)23-20(27)14(2)11-25-12-17(10-22-25)26(28)29/h3-10,12,14H,11H2,1-2H3,(H,23,27). The van der Waals surface area contributed by atoms with Crippen LogP contribution in [-0.4, -0.2) is 25.6 Å². The molecule has 8 nitrogen and oxygen atoms in total. The van der Waals surface area contributed by atoms with Crippen molar-refractivity contribution >= 4 is 38.8 Å². The first-order chi connectivity index (χ1) is 14.4. The normalized spacial score (nSPS) is 12.1. The van der Waals surface area contributed by atoms with Crippen molar-refractivity contribution in [2.75, 3.05) is 5.32 Å². The van der Waals surface area contributed by atoms with Crippen molar-refractivity contribution in [1.29, 1.82) is 0 Å². The van der Waals surface area contributed by atoms with E-state index in [1.54, 1.807) is 18.3 Å². The maximum atomic E-state index is 12.5. The highest BCUT2D eigenvalue weighted by atomic mass is 32.1. The number of nitrogens with one attached hydrogen (secondary N) is 1. The van der Waals surface area contributed by atoms with E-state index in [1.165, 1.54) is 22.6 Å². The lowest BCUT2D eigenvalue weighted by Crippen LogP contribution is -2.24. The van der Waals surface area contributed by atoms with E-state index >= 15 is 0 Å². The number of carbonyl (C=O) groups is 1. The zero-order chi connectivity index (χ0) is 21.3. The summed E-state index contributed by atoms with van der Waals surface area (Å²) in [5.74, 6) is -0.590. The molecule has 1 N–H and O–H groups in total. The van der Waals surface area contributed by atoms with Crippen LogP contribution in [-0.2, 0) is 11.3 Å². The van der Waals surface area contributed by atoms with E-state index in [0.29, 0.717) is 5.69 Å². The van der Waals surface area contributed by atoms with Crippen LogP contribution in [0.15, 0.2) is 54.9 Å². The summed E-state index contributed by atoms with van der Waals surface area (Å²) in [5.41, 5.74) is 3.76. The number of benzene rings is 2. The number of nitrogens with zero attached hydrogens (tertiary/aromatic N) is 4. The molecule has 1 atom stereocenters. The van der Waals surface area contributed by atoms with Crippen LogP contribution in [0.3, 0.4) is 0 Å². The summed E-state index contributed by atoms with van der Waals surface area (Å²) in [7, 11) is 0. The van der Waals surface area contributed by atoms with Crippen molar-refractivity contribution in [3.05, 3.63) is 70.5 Å². The van der Waals surface area contributed by atoms with Gasteiger partial charge in [0.2, 0.25) is 5.91 Å². The van der Waals surface area contributed by atoms with Gasteiger partial charge in [-0.25, -0.2) is 4.98 Å². The Labute approximate surface area is 176 Å². The fourth-order valence-corrected chi connectivity index (χ4v) is 4.10. The lowest BCUT2D eigenvalue weighted by atomic mass is 10.1. The molecular weight excluding hydrogens is 402 g/mol. The third-order valence-electron chi connectivity index (χ3n) is 4.68. The molecule has 152 valence electrons. The molecule has 0 radical (unpaired) electrons. The molecule has 0 spiro atoms. The summed E-state index contributed by atoms with van der Waals surface area (Å²) in [4.78, 5) is 27.4. The number of thiazole rings is 1. The van der Waals surface area contributed by atoms with E-state index in [0.717, 1.165) is 20.8 Å². The van der Waals surface area contributed by atoms with E-state index in [2.05, 4.69) is 28.4 Å². The summed E-state index contributed by atoms with van der Waals surface area (Å²) in [6.45, 7) is 4.06. The molecule has 9 heteroatoms. The second-order valence-electron chi connectivity index (χ2n) is 7.14. The highest BCUT2D eigenvalue weighted by molar-refractivity contribution is 7.21. The lowest BCUT2D eigenvalue weighted by Gasteiger charge is -2.12. The molecule has 0 bridgehead atoms. The van der Waals surface area contributed by atoms with Gasteiger partial charge in [-0.15, -0.1) is 11.3 Å². The number of nitro groups is 1. The monoisotopic (exact) mass is 421 g/mol.